The second kappa shape index (κ2) is 4.57. The van der Waals surface area contributed by atoms with Gasteiger partial charge in [0.1, 0.15) is 11.4 Å². The van der Waals surface area contributed by atoms with Crippen LogP contribution in [0.25, 0.3) is 0 Å². The molecule has 0 spiro atoms. The minimum Gasteiger partial charge on any atom is -0.478 e. The number of nitrogens with zero attached hydrogens (tertiary/aromatic N) is 1. The lowest BCUT2D eigenvalue weighted by atomic mass is 10.2. The fraction of sp³-hybridized carbons (Fsp3) is 0.333. The lowest BCUT2D eigenvalue weighted by Crippen LogP contribution is -2.18. The number of carboxylic acids is 1. The van der Waals surface area contributed by atoms with E-state index >= 15 is 0 Å². The Labute approximate surface area is 81.4 Å². The topological polar surface area (TPSA) is 82.5 Å². The number of nitrogens with one attached hydrogen (secondary N) is 1. The van der Waals surface area contributed by atoms with Crippen LogP contribution >= 0.6 is 0 Å². The van der Waals surface area contributed by atoms with Crippen molar-refractivity contribution >= 4 is 11.8 Å². The Bertz CT molecular complexity index is 326. The summed E-state index contributed by atoms with van der Waals surface area (Å²) in [7, 11) is 0. The van der Waals surface area contributed by atoms with Gasteiger partial charge in [-0.1, -0.05) is 0 Å². The molecule has 0 aliphatic carbocycles. The minimum absolute atomic E-state index is 0.105. The maximum atomic E-state index is 10.7. The molecule has 1 heterocycles. The van der Waals surface area contributed by atoms with E-state index in [-0.39, 0.29) is 17.9 Å². The molecule has 1 unspecified atom stereocenters. The average molecular weight is 196 g/mol. The highest BCUT2D eigenvalue weighted by Gasteiger charge is 2.10. The normalized spacial score (nSPS) is 12.1. The first kappa shape index (κ1) is 10.5. The second-order valence-corrected chi connectivity index (χ2v) is 2.93. The summed E-state index contributed by atoms with van der Waals surface area (Å²) in [6.07, 6.45) is 0.954. The number of carbonyl (C=O) groups is 1. The molecular formula is C9H12N2O3. The Kier molecular flexibility index (Phi) is 3.41. The van der Waals surface area contributed by atoms with E-state index in [0.29, 0.717) is 0 Å². The highest BCUT2D eigenvalue weighted by Crippen LogP contribution is 2.10. The van der Waals surface area contributed by atoms with Crippen LogP contribution in [0, 0.1) is 0 Å². The summed E-state index contributed by atoms with van der Waals surface area (Å²) < 4.78 is 0. The number of anilines is 1. The average Bonchev–Trinajstić information content (AvgIpc) is 2.15. The molecular weight excluding hydrogens is 184 g/mol. The number of aromatic nitrogens is 1. The summed E-state index contributed by atoms with van der Waals surface area (Å²) in [5, 5.41) is 20.5. The van der Waals surface area contributed by atoms with Crippen molar-refractivity contribution in [3.63, 3.8) is 0 Å². The predicted molar refractivity (Wildman–Crippen MR) is 51.4 cm³/mol. The molecule has 1 atom stereocenters. The van der Waals surface area contributed by atoms with Crippen LogP contribution in [0.3, 0.4) is 0 Å². The van der Waals surface area contributed by atoms with E-state index in [4.69, 9.17) is 10.2 Å². The lowest BCUT2D eigenvalue weighted by Gasteiger charge is -2.09. The van der Waals surface area contributed by atoms with Gasteiger partial charge in [0.2, 0.25) is 0 Å². The zero-order valence-corrected chi connectivity index (χ0v) is 7.77. The van der Waals surface area contributed by atoms with Crippen LogP contribution in [0.4, 0.5) is 5.82 Å². The molecule has 0 fully saturated rings. The third-order valence-electron chi connectivity index (χ3n) is 1.60. The second-order valence-electron chi connectivity index (χ2n) is 2.93. The molecule has 0 bridgehead atoms. The molecule has 5 heteroatoms. The Hall–Kier alpha value is -1.62. The Balaban J connectivity index is 2.79. The van der Waals surface area contributed by atoms with Crippen molar-refractivity contribution in [3.05, 3.63) is 23.9 Å². The third-order valence-corrected chi connectivity index (χ3v) is 1.60. The van der Waals surface area contributed by atoms with Crippen molar-refractivity contribution in [1.82, 2.24) is 4.98 Å². The monoisotopic (exact) mass is 196 g/mol. The van der Waals surface area contributed by atoms with Crippen molar-refractivity contribution in [2.45, 2.75) is 13.0 Å². The van der Waals surface area contributed by atoms with Crippen LogP contribution in [-0.4, -0.2) is 33.8 Å². The van der Waals surface area contributed by atoms with Crippen LogP contribution in [0.2, 0.25) is 0 Å². The van der Waals surface area contributed by atoms with Gasteiger partial charge < -0.3 is 15.5 Å². The van der Waals surface area contributed by atoms with E-state index in [1.54, 1.807) is 13.0 Å². The van der Waals surface area contributed by atoms with E-state index in [1.165, 1.54) is 12.3 Å². The molecule has 0 amide bonds. The van der Waals surface area contributed by atoms with Gasteiger partial charge in [-0.15, -0.1) is 0 Å². The zero-order chi connectivity index (χ0) is 10.6. The van der Waals surface area contributed by atoms with Gasteiger partial charge in [0.25, 0.3) is 0 Å². The first-order valence-corrected chi connectivity index (χ1v) is 4.21. The Morgan fingerprint density at radius 1 is 1.71 bits per heavy atom. The number of aliphatic hydroxyl groups is 1. The summed E-state index contributed by atoms with van der Waals surface area (Å²) >= 11 is 0. The van der Waals surface area contributed by atoms with E-state index in [2.05, 4.69) is 10.3 Å². The van der Waals surface area contributed by atoms with E-state index in [0.717, 1.165) is 0 Å². The van der Waals surface area contributed by atoms with Gasteiger partial charge in [-0.2, -0.15) is 0 Å². The van der Waals surface area contributed by atoms with E-state index < -0.39 is 12.1 Å². The maximum Gasteiger partial charge on any atom is 0.339 e. The number of rotatable bonds is 4. The predicted octanol–water partition coefficient (Wildman–Crippen LogP) is 0.573. The quantitative estimate of drug-likeness (QED) is 0.655. The summed E-state index contributed by atoms with van der Waals surface area (Å²) in [6.45, 7) is 1.88. The fourth-order valence-corrected chi connectivity index (χ4v) is 0.963. The molecule has 1 aromatic heterocycles. The molecule has 0 aliphatic rings. The molecule has 14 heavy (non-hydrogen) atoms. The summed E-state index contributed by atoms with van der Waals surface area (Å²) in [5.41, 5.74) is 0.105. The standard InChI is InChI=1S/C9H12N2O3/c1-6(12)5-11-8-7(9(13)14)3-2-4-10-8/h2-4,6,12H,5H2,1H3,(H,10,11)(H,13,14). The zero-order valence-electron chi connectivity index (χ0n) is 7.77. The Morgan fingerprint density at radius 3 is 3.00 bits per heavy atom. The van der Waals surface area contributed by atoms with Gasteiger partial charge in [0.15, 0.2) is 0 Å². The Morgan fingerprint density at radius 2 is 2.43 bits per heavy atom. The first-order valence-electron chi connectivity index (χ1n) is 4.21. The van der Waals surface area contributed by atoms with Crippen LogP contribution < -0.4 is 5.32 Å². The minimum atomic E-state index is -1.04. The summed E-state index contributed by atoms with van der Waals surface area (Å²) in [6, 6.07) is 3.01. The van der Waals surface area contributed by atoms with Crippen molar-refractivity contribution in [3.8, 4) is 0 Å². The van der Waals surface area contributed by atoms with Crippen molar-refractivity contribution < 1.29 is 15.0 Å². The maximum absolute atomic E-state index is 10.7. The van der Waals surface area contributed by atoms with Crippen molar-refractivity contribution in [2.24, 2.45) is 0 Å². The first-order chi connectivity index (χ1) is 6.61. The highest BCUT2D eigenvalue weighted by atomic mass is 16.4. The van der Waals surface area contributed by atoms with Gasteiger partial charge in [0, 0.05) is 12.7 Å². The number of aliphatic hydroxyl groups excluding tert-OH is 1. The number of aromatic carboxylic acids is 1. The van der Waals surface area contributed by atoms with Gasteiger partial charge in [-0.25, -0.2) is 9.78 Å². The largest absolute Gasteiger partial charge is 0.478 e. The van der Waals surface area contributed by atoms with Crippen LogP contribution in [-0.2, 0) is 0 Å². The third kappa shape index (κ3) is 2.70. The molecule has 0 aromatic carbocycles. The highest BCUT2D eigenvalue weighted by molar-refractivity contribution is 5.92. The van der Waals surface area contributed by atoms with Crippen molar-refractivity contribution in [2.75, 3.05) is 11.9 Å². The molecule has 76 valence electrons. The fourth-order valence-electron chi connectivity index (χ4n) is 0.963. The van der Waals surface area contributed by atoms with Crippen LogP contribution in [0.5, 0.6) is 0 Å². The van der Waals surface area contributed by atoms with E-state index in [1.807, 2.05) is 0 Å². The molecule has 5 nitrogen and oxygen atoms in total. The molecule has 3 N–H and O–H groups in total. The van der Waals surface area contributed by atoms with Crippen LogP contribution in [0.1, 0.15) is 17.3 Å². The van der Waals surface area contributed by atoms with Gasteiger partial charge >= 0.3 is 5.97 Å². The molecule has 0 saturated carbocycles. The summed E-state index contributed by atoms with van der Waals surface area (Å²) in [5.74, 6) is -0.757. The van der Waals surface area contributed by atoms with Gasteiger partial charge in [-0.05, 0) is 19.1 Å². The number of hydrogen-bond acceptors (Lipinski definition) is 4. The van der Waals surface area contributed by atoms with Gasteiger partial charge in [-0.3, -0.25) is 0 Å². The summed E-state index contributed by atoms with van der Waals surface area (Å²) in [4.78, 5) is 14.6. The van der Waals surface area contributed by atoms with Gasteiger partial charge in [0.05, 0.1) is 6.10 Å². The number of hydrogen-bond donors (Lipinski definition) is 3. The molecule has 0 saturated heterocycles. The SMILES string of the molecule is CC(O)CNc1ncccc1C(=O)O. The molecule has 0 radical (unpaired) electrons. The van der Waals surface area contributed by atoms with Crippen molar-refractivity contribution in [1.29, 1.82) is 0 Å². The number of carboxylic acid groups (broad SMARTS) is 1. The molecule has 1 rings (SSSR count). The van der Waals surface area contributed by atoms with E-state index in [9.17, 15) is 4.79 Å². The lowest BCUT2D eigenvalue weighted by molar-refractivity contribution is 0.0697. The molecule has 0 aliphatic heterocycles. The smallest absolute Gasteiger partial charge is 0.339 e. The van der Waals surface area contributed by atoms with Crippen LogP contribution in [0.15, 0.2) is 18.3 Å². The number of pyridine rings is 1. The molecule has 1 aromatic rings.